The van der Waals surface area contributed by atoms with E-state index < -0.39 is 0 Å². The highest BCUT2D eigenvalue weighted by Crippen LogP contribution is 2.33. The van der Waals surface area contributed by atoms with E-state index in [0.29, 0.717) is 22.5 Å². The zero-order valence-electron chi connectivity index (χ0n) is 19.6. The van der Waals surface area contributed by atoms with Crippen LogP contribution in [0.4, 0.5) is 0 Å². The van der Waals surface area contributed by atoms with Crippen LogP contribution in [-0.4, -0.2) is 46.7 Å². The average molecular weight is 487 g/mol. The van der Waals surface area contributed by atoms with Crippen molar-refractivity contribution in [3.05, 3.63) is 83.9 Å². The van der Waals surface area contributed by atoms with Crippen molar-refractivity contribution in [2.75, 3.05) is 20.0 Å². The van der Waals surface area contributed by atoms with E-state index >= 15 is 0 Å². The number of ether oxygens (including phenoxy) is 2. The summed E-state index contributed by atoms with van der Waals surface area (Å²) in [5.74, 6) is 2.20. The number of hydrogen-bond acceptors (Lipinski definition) is 6. The van der Waals surface area contributed by atoms with Crippen LogP contribution in [0.5, 0.6) is 11.5 Å². The van der Waals surface area contributed by atoms with E-state index in [2.05, 4.69) is 27.6 Å². The van der Waals surface area contributed by atoms with Gasteiger partial charge in [-0.15, -0.1) is 10.2 Å². The monoisotopic (exact) mass is 486 g/mol. The summed E-state index contributed by atoms with van der Waals surface area (Å²) in [5.41, 5.74) is 4.33. The van der Waals surface area contributed by atoms with Crippen molar-refractivity contribution >= 4 is 17.7 Å². The van der Waals surface area contributed by atoms with Crippen LogP contribution in [0, 0.1) is 0 Å². The molecule has 35 heavy (non-hydrogen) atoms. The van der Waals surface area contributed by atoms with E-state index in [1.165, 1.54) is 22.9 Å². The Morgan fingerprint density at radius 3 is 2.20 bits per heavy atom. The van der Waals surface area contributed by atoms with Crippen molar-refractivity contribution in [1.82, 2.24) is 20.1 Å². The molecule has 1 aromatic heterocycles. The molecule has 0 unspecified atom stereocenters. The van der Waals surface area contributed by atoms with Crippen molar-refractivity contribution in [3.8, 4) is 28.6 Å². The number of carbonyl (C=O) groups is 1. The topological polar surface area (TPSA) is 78.3 Å². The largest absolute Gasteiger partial charge is 0.497 e. The molecule has 1 heterocycles. The number of aromatic nitrogens is 3. The number of methoxy groups -OCH3 is 2. The summed E-state index contributed by atoms with van der Waals surface area (Å²) in [5, 5.41) is 12.7. The standard InChI is InChI=1S/C27H26N4O3S/c1-33-23-14-20(15-24(16-23)34-2)26-29-30-27(31(26)22-10-4-3-5-11-22)35-17-25(32)28-21-12-18-8-6-7-9-19(18)13-21/h3-11,14-16,21H,12-13,17H2,1-2H3,(H,28,32). The van der Waals surface area contributed by atoms with Gasteiger partial charge < -0.3 is 14.8 Å². The molecule has 178 valence electrons. The predicted molar refractivity (Wildman–Crippen MR) is 136 cm³/mol. The Hall–Kier alpha value is -3.78. The van der Waals surface area contributed by atoms with E-state index in [4.69, 9.17) is 9.47 Å². The summed E-state index contributed by atoms with van der Waals surface area (Å²) in [6.45, 7) is 0. The molecule has 0 atom stereocenters. The second kappa shape index (κ2) is 10.2. The van der Waals surface area contributed by atoms with Crippen molar-refractivity contribution in [2.45, 2.75) is 24.0 Å². The molecule has 0 spiro atoms. The van der Waals surface area contributed by atoms with Gasteiger partial charge in [-0.3, -0.25) is 9.36 Å². The Morgan fingerprint density at radius 1 is 0.943 bits per heavy atom. The fraction of sp³-hybridized carbons (Fsp3) is 0.222. The Balaban J connectivity index is 1.37. The van der Waals surface area contributed by atoms with Crippen molar-refractivity contribution in [3.63, 3.8) is 0 Å². The fourth-order valence-corrected chi connectivity index (χ4v) is 5.12. The third kappa shape index (κ3) is 5.02. The first kappa shape index (κ1) is 23.0. The molecular weight excluding hydrogens is 460 g/mol. The molecule has 0 saturated heterocycles. The Labute approximate surface area is 208 Å². The summed E-state index contributed by atoms with van der Waals surface area (Å²) in [6.07, 6.45) is 1.74. The molecule has 4 aromatic rings. The number of para-hydroxylation sites is 1. The molecular formula is C27H26N4O3S. The summed E-state index contributed by atoms with van der Waals surface area (Å²) in [6, 6.07) is 24.0. The lowest BCUT2D eigenvalue weighted by molar-refractivity contribution is -0.119. The molecule has 0 fully saturated rings. The molecule has 8 heteroatoms. The van der Waals surface area contributed by atoms with Gasteiger partial charge in [-0.25, -0.2) is 0 Å². The zero-order valence-corrected chi connectivity index (χ0v) is 20.4. The van der Waals surface area contributed by atoms with E-state index in [9.17, 15) is 4.79 Å². The third-order valence-electron chi connectivity index (χ3n) is 6.01. The SMILES string of the molecule is COc1cc(OC)cc(-c2nnc(SCC(=O)NC3Cc4ccccc4C3)n2-c2ccccc2)c1. The molecule has 0 aliphatic heterocycles. The van der Waals surface area contributed by atoms with Gasteiger partial charge in [0.1, 0.15) is 11.5 Å². The molecule has 0 radical (unpaired) electrons. The minimum Gasteiger partial charge on any atom is -0.497 e. The quantitative estimate of drug-likeness (QED) is 0.374. The first-order valence-electron chi connectivity index (χ1n) is 11.4. The fourth-order valence-electron chi connectivity index (χ4n) is 4.36. The first-order chi connectivity index (χ1) is 17.1. The number of benzene rings is 3. The van der Waals surface area contributed by atoms with E-state index in [0.717, 1.165) is 24.1 Å². The highest BCUT2D eigenvalue weighted by atomic mass is 32.2. The predicted octanol–water partition coefficient (Wildman–Crippen LogP) is 4.33. The molecule has 1 N–H and O–H groups in total. The van der Waals surface area contributed by atoms with Crippen molar-refractivity contribution in [1.29, 1.82) is 0 Å². The van der Waals surface area contributed by atoms with Gasteiger partial charge in [-0.1, -0.05) is 54.2 Å². The van der Waals surface area contributed by atoms with Gasteiger partial charge >= 0.3 is 0 Å². The maximum atomic E-state index is 12.8. The summed E-state index contributed by atoms with van der Waals surface area (Å²) in [4.78, 5) is 12.8. The minimum absolute atomic E-state index is 0.0139. The number of amides is 1. The van der Waals surface area contributed by atoms with Crippen LogP contribution in [0.1, 0.15) is 11.1 Å². The van der Waals surface area contributed by atoms with Gasteiger partial charge in [0.2, 0.25) is 5.91 Å². The lowest BCUT2D eigenvalue weighted by atomic mass is 10.1. The number of thioether (sulfide) groups is 1. The molecule has 7 nitrogen and oxygen atoms in total. The number of carbonyl (C=O) groups excluding carboxylic acids is 1. The Morgan fingerprint density at radius 2 is 1.57 bits per heavy atom. The number of fused-ring (bicyclic) bond motifs is 1. The summed E-state index contributed by atoms with van der Waals surface area (Å²) < 4.78 is 12.8. The number of rotatable bonds is 8. The molecule has 1 aliphatic carbocycles. The summed E-state index contributed by atoms with van der Waals surface area (Å²) in [7, 11) is 3.23. The second-order valence-corrected chi connectivity index (χ2v) is 9.25. The average Bonchev–Trinajstić information content (AvgIpc) is 3.51. The Bertz CT molecular complexity index is 1290. The molecule has 1 aliphatic rings. The van der Waals surface area contributed by atoms with E-state index in [1.807, 2.05) is 65.2 Å². The van der Waals surface area contributed by atoms with Crippen LogP contribution in [0.15, 0.2) is 78.0 Å². The first-order valence-corrected chi connectivity index (χ1v) is 12.4. The normalized spacial score (nSPS) is 12.9. The van der Waals surface area contributed by atoms with E-state index in [1.54, 1.807) is 14.2 Å². The van der Waals surface area contributed by atoms with Gasteiger partial charge in [-0.05, 0) is 48.2 Å². The minimum atomic E-state index is -0.0139. The number of nitrogens with one attached hydrogen (secondary N) is 1. The van der Waals surface area contributed by atoms with Crippen LogP contribution < -0.4 is 14.8 Å². The molecule has 5 rings (SSSR count). The van der Waals surface area contributed by atoms with Crippen LogP contribution in [-0.2, 0) is 17.6 Å². The van der Waals surface area contributed by atoms with Crippen LogP contribution in [0.2, 0.25) is 0 Å². The van der Waals surface area contributed by atoms with Gasteiger partial charge in [-0.2, -0.15) is 0 Å². The molecule has 1 amide bonds. The van der Waals surface area contributed by atoms with Crippen molar-refractivity contribution in [2.24, 2.45) is 0 Å². The van der Waals surface area contributed by atoms with Gasteiger partial charge in [0.05, 0.1) is 20.0 Å². The van der Waals surface area contributed by atoms with Crippen LogP contribution >= 0.6 is 11.8 Å². The van der Waals surface area contributed by atoms with Crippen LogP contribution in [0.3, 0.4) is 0 Å². The number of nitrogens with zero attached hydrogens (tertiary/aromatic N) is 3. The molecule has 0 bridgehead atoms. The molecule has 0 saturated carbocycles. The maximum Gasteiger partial charge on any atom is 0.230 e. The van der Waals surface area contributed by atoms with Gasteiger partial charge in [0.15, 0.2) is 11.0 Å². The Kier molecular flexibility index (Phi) is 6.72. The maximum absolute atomic E-state index is 12.8. The van der Waals surface area contributed by atoms with Gasteiger partial charge in [0, 0.05) is 23.4 Å². The third-order valence-corrected chi connectivity index (χ3v) is 6.93. The van der Waals surface area contributed by atoms with Crippen molar-refractivity contribution < 1.29 is 14.3 Å². The highest BCUT2D eigenvalue weighted by molar-refractivity contribution is 7.99. The molecule has 3 aromatic carbocycles. The van der Waals surface area contributed by atoms with E-state index in [-0.39, 0.29) is 17.7 Å². The zero-order chi connectivity index (χ0) is 24.2. The lowest BCUT2D eigenvalue weighted by Crippen LogP contribution is -2.36. The van der Waals surface area contributed by atoms with Crippen LogP contribution in [0.25, 0.3) is 17.1 Å². The smallest absolute Gasteiger partial charge is 0.230 e. The summed E-state index contributed by atoms with van der Waals surface area (Å²) >= 11 is 1.37. The highest BCUT2D eigenvalue weighted by Gasteiger charge is 2.23. The number of hydrogen-bond donors (Lipinski definition) is 1. The second-order valence-electron chi connectivity index (χ2n) is 8.31. The van der Waals surface area contributed by atoms with Gasteiger partial charge in [0.25, 0.3) is 0 Å². The lowest BCUT2D eigenvalue weighted by Gasteiger charge is -2.13.